The maximum absolute atomic E-state index is 12.6. The van der Waals surface area contributed by atoms with E-state index in [0.29, 0.717) is 19.7 Å². The molecule has 0 radical (unpaired) electrons. The number of nitrogens with one attached hydrogen (secondary N) is 2. The lowest BCUT2D eigenvalue weighted by molar-refractivity contribution is 0.154. The number of nitrogens with zero attached hydrogens (tertiary/aromatic N) is 1. The third-order valence-electron chi connectivity index (χ3n) is 3.77. The van der Waals surface area contributed by atoms with Crippen LogP contribution in [0.25, 0.3) is 0 Å². The molecule has 2 atom stereocenters. The Kier molecular flexibility index (Phi) is 7.39. The highest BCUT2D eigenvalue weighted by atomic mass is 32.2. The van der Waals surface area contributed by atoms with E-state index in [0.717, 1.165) is 19.3 Å². The Bertz CT molecular complexity index is 371. The van der Waals surface area contributed by atoms with Crippen molar-refractivity contribution in [3.63, 3.8) is 0 Å². The first-order chi connectivity index (χ1) is 9.42. The molecule has 0 bridgehead atoms. The van der Waals surface area contributed by atoms with Crippen LogP contribution in [-0.2, 0) is 14.9 Å². The second-order valence-corrected chi connectivity index (χ2v) is 7.40. The van der Waals surface area contributed by atoms with Gasteiger partial charge in [0.2, 0.25) is 0 Å². The Morgan fingerprint density at radius 2 is 2.05 bits per heavy atom. The van der Waals surface area contributed by atoms with E-state index in [1.54, 1.807) is 11.4 Å². The second-order valence-electron chi connectivity index (χ2n) is 5.75. The molecule has 1 aliphatic heterocycles. The zero-order valence-corrected chi connectivity index (χ0v) is 13.9. The average molecular weight is 307 g/mol. The number of methoxy groups -OCH3 is 1. The Morgan fingerprint density at radius 3 is 2.60 bits per heavy atom. The standard InChI is InChI=1S/C13H29N3O3S/c1-11(2)13(10-19-4)15-20(17,18)16-8-6-5-7-12(16)9-14-3/h11-15H,5-10H2,1-4H3. The highest BCUT2D eigenvalue weighted by molar-refractivity contribution is 7.87. The Morgan fingerprint density at radius 1 is 1.35 bits per heavy atom. The van der Waals surface area contributed by atoms with E-state index in [1.165, 1.54) is 0 Å². The predicted octanol–water partition coefficient (Wildman–Crippen LogP) is 0.566. The highest BCUT2D eigenvalue weighted by Gasteiger charge is 2.33. The molecular formula is C13H29N3O3S. The summed E-state index contributed by atoms with van der Waals surface area (Å²) in [5, 5.41) is 3.08. The van der Waals surface area contributed by atoms with E-state index in [-0.39, 0.29) is 18.0 Å². The molecule has 20 heavy (non-hydrogen) atoms. The Hall–Kier alpha value is -0.210. The van der Waals surface area contributed by atoms with Gasteiger partial charge in [-0.05, 0) is 25.8 Å². The van der Waals surface area contributed by atoms with Crippen molar-refractivity contribution in [2.45, 2.75) is 45.2 Å². The number of hydrogen-bond acceptors (Lipinski definition) is 4. The van der Waals surface area contributed by atoms with E-state index in [2.05, 4.69) is 10.0 Å². The first-order valence-electron chi connectivity index (χ1n) is 7.35. The minimum Gasteiger partial charge on any atom is -0.383 e. The second kappa shape index (κ2) is 8.29. The molecule has 1 fully saturated rings. The van der Waals surface area contributed by atoms with Crippen molar-refractivity contribution in [3.05, 3.63) is 0 Å². The van der Waals surface area contributed by atoms with Crippen LogP contribution in [0.15, 0.2) is 0 Å². The van der Waals surface area contributed by atoms with Gasteiger partial charge in [0.15, 0.2) is 0 Å². The van der Waals surface area contributed by atoms with Crippen LogP contribution in [0.3, 0.4) is 0 Å². The largest absolute Gasteiger partial charge is 0.383 e. The van der Waals surface area contributed by atoms with Gasteiger partial charge in [-0.25, -0.2) is 0 Å². The lowest BCUT2D eigenvalue weighted by atomic mass is 10.1. The zero-order valence-electron chi connectivity index (χ0n) is 13.1. The first-order valence-corrected chi connectivity index (χ1v) is 8.79. The maximum atomic E-state index is 12.6. The van der Waals surface area contributed by atoms with Gasteiger partial charge in [0, 0.05) is 32.3 Å². The summed E-state index contributed by atoms with van der Waals surface area (Å²) < 4.78 is 34.7. The molecular weight excluding hydrogens is 278 g/mol. The molecule has 1 rings (SSSR count). The summed E-state index contributed by atoms with van der Waals surface area (Å²) in [6.07, 6.45) is 2.93. The number of piperidine rings is 1. The molecule has 120 valence electrons. The quantitative estimate of drug-likeness (QED) is 0.688. The van der Waals surface area contributed by atoms with Gasteiger partial charge in [0.05, 0.1) is 6.61 Å². The highest BCUT2D eigenvalue weighted by Crippen LogP contribution is 2.20. The number of likely N-dealkylation sites (N-methyl/N-ethyl adjacent to an activating group) is 1. The molecule has 1 aliphatic rings. The van der Waals surface area contributed by atoms with Crippen LogP contribution >= 0.6 is 0 Å². The number of ether oxygens (including phenoxy) is 1. The van der Waals surface area contributed by atoms with Gasteiger partial charge in [0.25, 0.3) is 10.2 Å². The first kappa shape index (κ1) is 17.8. The maximum Gasteiger partial charge on any atom is 0.280 e. The molecule has 0 spiro atoms. The van der Waals surface area contributed by atoms with Crippen LogP contribution in [-0.4, -0.2) is 58.7 Å². The van der Waals surface area contributed by atoms with E-state index >= 15 is 0 Å². The van der Waals surface area contributed by atoms with Crippen LogP contribution < -0.4 is 10.0 Å². The summed E-state index contributed by atoms with van der Waals surface area (Å²) in [7, 11) is -0.0103. The van der Waals surface area contributed by atoms with Crippen molar-refractivity contribution < 1.29 is 13.2 Å². The molecule has 0 saturated carbocycles. The summed E-state index contributed by atoms with van der Waals surface area (Å²) in [6, 6.07) is -0.149. The van der Waals surface area contributed by atoms with Crippen molar-refractivity contribution in [2.75, 3.05) is 33.9 Å². The molecule has 1 saturated heterocycles. The van der Waals surface area contributed by atoms with Crippen LogP contribution in [0.1, 0.15) is 33.1 Å². The fourth-order valence-corrected chi connectivity index (χ4v) is 4.33. The summed E-state index contributed by atoms with van der Waals surface area (Å²) >= 11 is 0. The van der Waals surface area contributed by atoms with E-state index in [4.69, 9.17) is 4.74 Å². The third-order valence-corrected chi connectivity index (χ3v) is 5.47. The van der Waals surface area contributed by atoms with Crippen LogP contribution in [0, 0.1) is 5.92 Å². The molecule has 0 aliphatic carbocycles. The molecule has 6 nitrogen and oxygen atoms in total. The molecule has 0 aromatic carbocycles. The topological polar surface area (TPSA) is 70.7 Å². The van der Waals surface area contributed by atoms with E-state index in [9.17, 15) is 8.42 Å². The van der Waals surface area contributed by atoms with E-state index < -0.39 is 10.2 Å². The van der Waals surface area contributed by atoms with Crippen LogP contribution in [0.2, 0.25) is 0 Å². The van der Waals surface area contributed by atoms with Gasteiger partial charge in [-0.3, -0.25) is 0 Å². The zero-order chi connectivity index (χ0) is 15.2. The van der Waals surface area contributed by atoms with Crippen molar-refractivity contribution in [2.24, 2.45) is 5.92 Å². The Balaban J connectivity index is 2.78. The van der Waals surface area contributed by atoms with Crippen LogP contribution in [0.5, 0.6) is 0 Å². The molecule has 0 aromatic heterocycles. The molecule has 0 amide bonds. The summed E-state index contributed by atoms with van der Waals surface area (Å²) in [4.78, 5) is 0. The molecule has 7 heteroatoms. The molecule has 2 N–H and O–H groups in total. The Labute approximate surface area is 123 Å². The molecule has 2 unspecified atom stereocenters. The van der Waals surface area contributed by atoms with E-state index in [1.807, 2.05) is 20.9 Å². The summed E-state index contributed by atoms with van der Waals surface area (Å²) in [5.41, 5.74) is 0. The fraction of sp³-hybridized carbons (Fsp3) is 1.00. The SMILES string of the molecule is CNCC1CCCCN1S(=O)(=O)NC(COC)C(C)C. The number of hydrogen-bond donors (Lipinski definition) is 2. The normalized spacial score (nSPS) is 23.1. The van der Waals surface area contributed by atoms with Crippen molar-refractivity contribution >= 4 is 10.2 Å². The van der Waals surface area contributed by atoms with Gasteiger partial charge in [-0.1, -0.05) is 20.3 Å². The van der Waals surface area contributed by atoms with Gasteiger partial charge in [-0.15, -0.1) is 0 Å². The minimum atomic E-state index is -3.46. The monoisotopic (exact) mass is 307 g/mol. The van der Waals surface area contributed by atoms with Gasteiger partial charge in [0.1, 0.15) is 0 Å². The average Bonchev–Trinajstić information content (AvgIpc) is 2.39. The fourth-order valence-electron chi connectivity index (χ4n) is 2.53. The third kappa shape index (κ3) is 4.96. The predicted molar refractivity (Wildman–Crippen MR) is 80.8 cm³/mol. The molecule has 0 aromatic rings. The summed E-state index contributed by atoms with van der Waals surface area (Å²) in [5.74, 6) is 0.192. The van der Waals surface area contributed by atoms with Crippen molar-refractivity contribution in [3.8, 4) is 0 Å². The minimum absolute atomic E-state index is 0.0432. The van der Waals surface area contributed by atoms with Gasteiger partial charge in [-0.2, -0.15) is 17.4 Å². The van der Waals surface area contributed by atoms with Gasteiger partial charge >= 0.3 is 0 Å². The van der Waals surface area contributed by atoms with Crippen molar-refractivity contribution in [1.82, 2.24) is 14.3 Å². The lowest BCUT2D eigenvalue weighted by Crippen LogP contribution is -2.55. The summed E-state index contributed by atoms with van der Waals surface area (Å²) in [6.45, 7) is 5.67. The van der Waals surface area contributed by atoms with Crippen molar-refractivity contribution in [1.29, 1.82) is 0 Å². The number of rotatable bonds is 8. The van der Waals surface area contributed by atoms with Gasteiger partial charge < -0.3 is 10.1 Å². The molecule has 1 heterocycles. The van der Waals surface area contributed by atoms with Crippen LogP contribution in [0.4, 0.5) is 0 Å². The smallest absolute Gasteiger partial charge is 0.280 e. The lowest BCUT2D eigenvalue weighted by Gasteiger charge is -2.36.